The van der Waals surface area contributed by atoms with Crippen LogP contribution in [0, 0.1) is 5.82 Å². The first-order chi connectivity index (χ1) is 15.0. The number of hydrogen-bond donors (Lipinski definition) is 1. The molecule has 10 heteroatoms. The normalized spacial score (nSPS) is 14.4. The van der Waals surface area contributed by atoms with E-state index in [1.54, 1.807) is 30.1 Å². The van der Waals surface area contributed by atoms with E-state index in [9.17, 15) is 4.39 Å². The van der Waals surface area contributed by atoms with Crippen LogP contribution in [0.15, 0.2) is 42.6 Å². The highest BCUT2D eigenvalue weighted by atomic mass is 35.5. The van der Waals surface area contributed by atoms with Gasteiger partial charge < -0.3 is 15.5 Å². The van der Waals surface area contributed by atoms with Crippen molar-refractivity contribution in [3.63, 3.8) is 0 Å². The number of aromatic nitrogens is 5. The molecule has 4 aromatic rings. The number of anilines is 3. The molecule has 0 saturated carbocycles. The van der Waals surface area contributed by atoms with Gasteiger partial charge in [-0.15, -0.1) is 0 Å². The quantitative estimate of drug-likeness (QED) is 0.525. The Morgan fingerprint density at radius 1 is 1.03 bits per heavy atom. The average Bonchev–Trinajstić information content (AvgIpc) is 3.09. The summed E-state index contributed by atoms with van der Waals surface area (Å²) >= 11 is 6.03. The summed E-state index contributed by atoms with van der Waals surface area (Å²) in [6.45, 7) is 3.04. The first-order valence-corrected chi connectivity index (χ1v) is 10.3. The van der Waals surface area contributed by atoms with Gasteiger partial charge in [-0.1, -0.05) is 17.7 Å². The topological polar surface area (TPSA) is 89.0 Å². The molecular weight excluding hydrogens is 419 g/mol. The fourth-order valence-corrected chi connectivity index (χ4v) is 3.95. The first-order valence-electron chi connectivity index (χ1n) is 9.88. The highest BCUT2D eigenvalue weighted by Crippen LogP contribution is 2.33. The van der Waals surface area contributed by atoms with Crippen LogP contribution < -0.4 is 15.5 Å². The van der Waals surface area contributed by atoms with Crippen molar-refractivity contribution >= 4 is 40.2 Å². The van der Waals surface area contributed by atoms with Crippen LogP contribution in [0.3, 0.4) is 0 Å². The molecule has 5 rings (SSSR count). The Morgan fingerprint density at radius 2 is 1.81 bits per heavy atom. The van der Waals surface area contributed by atoms with Crippen molar-refractivity contribution in [3.8, 4) is 11.3 Å². The highest BCUT2D eigenvalue weighted by molar-refractivity contribution is 6.31. The molecule has 1 aliphatic heterocycles. The van der Waals surface area contributed by atoms with Crippen LogP contribution in [-0.2, 0) is 7.05 Å². The summed E-state index contributed by atoms with van der Waals surface area (Å²) in [5, 5.41) is 5.09. The number of nitrogens with zero attached hydrogens (tertiary/aromatic N) is 7. The number of nitrogen functional groups attached to an aromatic ring is 1. The number of aryl methyl sites for hydroxylation is 1. The lowest BCUT2D eigenvalue weighted by Crippen LogP contribution is -2.47. The van der Waals surface area contributed by atoms with Crippen molar-refractivity contribution in [2.75, 3.05) is 41.7 Å². The van der Waals surface area contributed by atoms with Gasteiger partial charge in [0.1, 0.15) is 17.5 Å². The third-order valence-corrected chi connectivity index (χ3v) is 5.75. The molecule has 2 N–H and O–H groups in total. The molecular formula is C21H20ClFN8. The van der Waals surface area contributed by atoms with Gasteiger partial charge >= 0.3 is 0 Å². The van der Waals surface area contributed by atoms with Gasteiger partial charge in [0.25, 0.3) is 0 Å². The van der Waals surface area contributed by atoms with Crippen molar-refractivity contribution in [2.45, 2.75) is 0 Å². The highest BCUT2D eigenvalue weighted by Gasteiger charge is 2.24. The van der Waals surface area contributed by atoms with Crippen molar-refractivity contribution in [3.05, 3.63) is 53.4 Å². The van der Waals surface area contributed by atoms with E-state index in [1.165, 1.54) is 6.07 Å². The Bertz CT molecular complexity index is 1250. The number of pyridine rings is 1. The molecule has 1 aliphatic rings. The number of fused-ring (bicyclic) bond motifs is 1. The zero-order valence-corrected chi connectivity index (χ0v) is 17.6. The van der Waals surface area contributed by atoms with E-state index in [0.29, 0.717) is 34.1 Å². The van der Waals surface area contributed by atoms with Crippen LogP contribution in [0.2, 0.25) is 5.02 Å². The third kappa shape index (κ3) is 3.50. The second-order valence-corrected chi connectivity index (χ2v) is 7.78. The first kappa shape index (κ1) is 19.5. The monoisotopic (exact) mass is 438 g/mol. The zero-order valence-electron chi connectivity index (χ0n) is 16.8. The maximum absolute atomic E-state index is 13.7. The predicted molar refractivity (Wildman–Crippen MR) is 120 cm³/mol. The van der Waals surface area contributed by atoms with Crippen molar-refractivity contribution in [2.24, 2.45) is 7.05 Å². The van der Waals surface area contributed by atoms with E-state index in [-0.39, 0.29) is 5.02 Å². The molecule has 1 saturated heterocycles. The second kappa shape index (κ2) is 7.66. The Balaban J connectivity index is 1.52. The summed E-state index contributed by atoms with van der Waals surface area (Å²) in [6.07, 6.45) is 1.80. The molecule has 0 radical (unpaired) electrons. The van der Waals surface area contributed by atoms with Crippen molar-refractivity contribution in [1.82, 2.24) is 24.7 Å². The molecule has 0 spiro atoms. The summed E-state index contributed by atoms with van der Waals surface area (Å²) in [7, 11) is 1.75. The summed E-state index contributed by atoms with van der Waals surface area (Å²) in [5.74, 6) is 1.47. The Hall–Kier alpha value is -3.46. The summed E-state index contributed by atoms with van der Waals surface area (Å²) in [4.78, 5) is 18.2. The fraction of sp³-hybridized carbons (Fsp3) is 0.238. The number of piperazine rings is 1. The molecule has 0 unspecified atom stereocenters. The van der Waals surface area contributed by atoms with E-state index < -0.39 is 5.82 Å². The minimum atomic E-state index is -0.485. The number of halogens is 2. The van der Waals surface area contributed by atoms with Crippen molar-refractivity contribution in [1.29, 1.82) is 0 Å². The second-order valence-electron chi connectivity index (χ2n) is 7.37. The molecule has 3 aromatic heterocycles. The van der Waals surface area contributed by atoms with Gasteiger partial charge in [-0.05, 0) is 30.3 Å². The van der Waals surface area contributed by atoms with Gasteiger partial charge in [-0.3, -0.25) is 4.68 Å². The van der Waals surface area contributed by atoms with Crippen LogP contribution in [0.5, 0.6) is 0 Å². The van der Waals surface area contributed by atoms with E-state index in [2.05, 4.69) is 24.9 Å². The largest absolute Gasteiger partial charge is 0.383 e. The van der Waals surface area contributed by atoms with Gasteiger partial charge in [0, 0.05) is 45.0 Å². The predicted octanol–water partition coefficient (Wildman–Crippen LogP) is 3.13. The van der Waals surface area contributed by atoms with Crippen molar-refractivity contribution < 1.29 is 4.39 Å². The molecule has 0 bridgehead atoms. The average molecular weight is 439 g/mol. The van der Waals surface area contributed by atoms with E-state index in [0.717, 1.165) is 32.0 Å². The molecule has 0 amide bonds. The van der Waals surface area contributed by atoms with Crippen LogP contribution in [-0.4, -0.2) is 50.9 Å². The van der Waals surface area contributed by atoms with E-state index in [4.69, 9.17) is 22.3 Å². The van der Waals surface area contributed by atoms with Gasteiger partial charge in [0.2, 0.25) is 5.95 Å². The molecule has 4 heterocycles. The minimum Gasteiger partial charge on any atom is -0.383 e. The summed E-state index contributed by atoms with van der Waals surface area (Å²) in [6, 6.07) is 10.4. The van der Waals surface area contributed by atoms with Gasteiger partial charge in [-0.2, -0.15) is 10.1 Å². The maximum Gasteiger partial charge on any atom is 0.228 e. The lowest BCUT2D eigenvalue weighted by molar-refractivity contribution is 0.628. The van der Waals surface area contributed by atoms with Gasteiger partial charge in [0.15, 0.2) is 5.65 Å². The minimum absolute atomic E-state index is 0.0252. The summed E-state index contributed by atoms with van der Waals surface area (Å²) in [5.41, 5.74) is 7.98. The molecule has 0 aliphatic carbocycles. The number of nitrogens with two attached hydrogens (primary N) is 1. The number of benzene rings is 1. The molecule has 158 valence electrons. The molecule has 1 aromatic carbocycles. The van der Waals surface area contributed by atoms with Gasteiger partial charge in [0.05, 0.1) is 16.1 Å². The Kier molecular flexibility index (Phi) is 4.82. The lowest BCUT2D eigenvalue weighted by Gasteiger charge is -2.35. The SMILES string of the molecule is Cn1nc2nc(N3CCN(c4ccccn4)CC3)nc(-c3ccc(F)c(Cl)c3)c2c1N. The smallest absolute Gasteiger partial charge is 0.228 e. The lowest BCUT2D eigenvalue weighted by atomic mass is 10.1. The van der Waals surface area contributed by atoms with Gasteiger partial charge in [-0.25, -0.2) is 14.4 Å². The molecule has 8 nitrogen and oxygen atoms in total. The number of hydrogen-bond acceptors (Lipinski definition) is 7. The number of rotatable bonds is 3. The third-order valence-electron chi connectivity index (χ3n) is 5.46. The van der Waals surface area contributed by atoms with Crippen LogP contribution in [0.25, 0.3) is 22.3 Å². The van der Waals surface area contributed by atoms with E-state index in [1.807, 2.05) is 18.2 Å². The van der Waals surface area contributed by atoms with Crippen LogP contribution in [0.1, 0.15) is 0 Å². The van der Waals surface area contributed by atoms with Crippen LogP contribution in [0.4, 0.5) is 22.0 Å². The van der Waals surface area contributed by atoms with Crippen LogP contribution >= 0.6 is 11.6 Å². The Labute approximate surface area is 183 Å². The fourth-order valence-electron chi connectivity index (χ4n) is 3.77. The molecule has 31 heavy (non-hydrogen) atoms. The van der Waals surface area contributed by atoms with E-state index >= 15 is 0 Å². The maximum atomic E-state index is 13.7. The zero-order chi connectivity index (χ0) is 21.5. The standard InChI is InChI=1S/C21H20ClFN8/c1-29-19(24)17-18(13-5-6-15(23)14(22)12-13)26-21(27-20(17)28-29)31-10-8-30(9-11-31)16-4-2-3-7-25-16/h2-7,12H,8-11,24H2,1H3. The molecule has 1 fully saturated rings. The molecule has 0 atom stereocenters. The Morgan fingerprint density at radius 3 is 2.52 bits per heavy atom. The summed E-state index contributed by atoms with van der Waals surface area (Å²) < 4.78 is 15.3.